The van der Waals surface area contributed by atoms with Crippen molar-refractivity contribution in [1.29, 1.82) is 0 Å². The van der Waals surface area contributed by atoms with Crippen LogP contribution >= 0.6 is 0 Å². The van der Waals surface area contributed by atoms with Gasteiger partial charge < -0.3 is 19.3 Å². The molecule has 1 aromatic heterocycles. The predicted molar refractivity (Wildman–Crippen MR) is 148 cm³/mol. The summed E-state index contributed by atoms with van der Waals surface area (Å²) in [5.74, 6) is 1.96. The minimum Gasteiger partial charge on any atom is -0.379 e. The lowest BCUT2D eigenvalue weighted by atomic mass is 9.78. The minimum atomic E-state index is -0.260. The zero-order valence-electron chi connectivity index (χ0n) is 23.1. The molecule has 1 amide bonds. The molecule has 1 aliphatic carbocycles. The molecule has 0 bridgehead atoms. The SMILES string of the molecule is COC1COCCC1C[C@@H]1C[C@H]2CN(CCc3ccccc3)C[C@@]2(C(=O)N2CCc3ncc(C)cc3C2)C1. The van der Waals surface area contributed by atoms with Crippen LogP contribution in [0.25, 0.3) is 0 Å². The molecule has 204 valence electrons. The first-order chi connectivity index (χ1) is 18.5. The Kier molecular flexibility index (Phi) is 7.56. The lowest BCUT2D eigenvalue weighted by Gasteiger charge is -2.37. The molecule has 38 heavy (non-hydrogen) atoms. The number of benzene rings is 1. The van der Waals surface area contributed by atoms with Crippen LogP contribution in [0, 0.1) is 30.1 Å². The van der Waals surface area contributed by atoms with Crippen molar-refractivity contribution in [2.45, 2.75) is 58.1 Å². The standard InChI is InChI=1S/C32H43N3O3/c1-23-14-27-19-35(12-9-29(27)33-18-23)31(36)32-17-25(15-26-10-13-38-21-30(26)37-2)16-28(32)20-34(22-32)11-8-24-6-4-3-5-7-24/h3-7,14,18,25-26,28,30H,8-13,15-17,19-22H2,1-2H3/t25-,26?,28+,30?,32+/m1/s1. The maximum Gasteiger partial charge on any atom is 0.230 e. The lowest BCUT2D eigenvalue weighted by Crippen LogP contribution is -2.48. The molecule has 2 aromatic rings. The summed E-state index contributed by atoms with van der Waals surface area (Å²) in [4.78, 5) is 23.9. The van der Waals surface area contributed by atoms with Gasteiger partial charge in [0.1, 0.15) is 0 Å². The highest BCUT2D eigenvalue weighted by Gasteiger charge is 2.58. The molecule has 3 aliphatic heterocycles. The molecule has 3 fully saturated rings. The van der Waals surface area contributed by atoms with E-state index in [1.807, 2.05) is 13.3 Å². The average molecular weight is 518 g/mol. The smallest absolute Gasteiger partial charge is 0.230 e. The highest BCUT2D eigenvalue weighted by atomic mass is 16.5. The predicted octanol–water partition coefficient (Wildman–Crippen LogP) is 4.29. The van der Waals surface area contributed by atoms with E-state index in [1.165, 1.54) is 22.4 Å². The third-order valence-corrected chi connectivity index (χ3v) is 9.87. The number of aryl methyl sites for hydroxylation is 1. The Bertz CT molecular complexity index is 1120. The van der Waals surface area contributed by atoms with Crippen molar-refractivity contribution in [3.05, 3.63) is 65.0 Å². The van der Waals surface area contributed by atoms with E-state index in [-0.39, 0.29) is 11.5 Å². The maximum atomic E-state index is 14.5. The van der Waals surface area contributed by atoms with Crippen LogP contribution in [0.3, 0.4) is 0 Å². The van der Waals surface area contributed by atoms with Crippen molar-refractivity contribution in [2.75, 3.05) is 46.5 Å². The summed E-state index contributed by atoms with van der Waals surface area (Å²) >= 11 is 0. The van der Waals surface area contributed by atoms with Gasteiger partial charge >= 0.3 is 0 Å². The first-order valence-electron chi connectivity index (χ1n) is 14.6. The molecule has 2 unspecified atom stereocenters. The van der Waals surface area contributed by atoms with Crippen LogP contribution < -0.4 is 0 Å². The summed E-state index contributed by atoms with van der Waals surface area (Å²) in [6.07, 6.45) is 8.45. The molecule has 0 spiro atoms. The number of methoxy groups -OCH3 is 1. The number of carbonyl (C=O) groups excluding carboxylic acids is 1. The van der Waals surface area contributed by atoms with E-state index < -0.39 is 0 Å². The van der Waals surface area contributed by atoms with Crippen molar-refractivity contribution in [3.63, 3.8) is 0 Å². The zero-order valence-corrected chi connectivity index (χ0v) is 23.1. The van der Waals surface area contributed by atoms with E-state index in [4.69, 9.17) is 9.47 Å². The molecular formula is C32H43N3O3. The number of fused-ring (bicyclic) bond motifs is 2. The number of hydrogen-bond acceptors (Lipinski definition) is 5. The number of aromatic nitrogens is 1. The lowest BCUT2D eigenvalue weighted by molar-refractivity contribution is -0.144. The molecule has 6 rings (SSSR count). The molecule has 2 saturated heterocycles. The van der Waals surface area contributed by atoms with Crippen LogP contribution in [-0.2, 0) is 33.7 Å². The van der Waals surface area contributed by atoms with Gasteiger partial charge in [0.15, 0.2) is 0 Å². The fourth-order valence-corrected chi connectivity index (χ4v) is 7.97. The maximum absolute atomic E-state index is 14.5. The van der Waals surface area contributed by atoms with Crippen LogP contribution in [0.2, 0.25) is 0 Å². The highest BCUT2D eigenvalue weighted by molar-refractivity contribution is 5.84. The number of nitrogens with zero attached hydrogens (tertiary/aromatic N) is 3. The van der Waals surface area contributed by atoms with Crippen LogP contribution in [0.4, 0.5) is 0 Å². The molecular weight excluding hydrogens is 474 g/mol. The second-order valence-corrected chi connectivity index (χ2v) is 12.4. The van der Waals surface area contributed by atoms with E-state index in [9.17, 15) is 4.79 Å². The molecule has 6 nitrogen and oxygen atoms in total. The monoisotopic (exact) mass is 517 g/mol. The van der Waals surface area contributed by atoms with Gasteiger partial charge in [-0.3, -0.25) is 9.78 Å². The average Bonchev–Trinajstić information content (AvgIpc) is 3.46. The molecule has 4 heterocycles. The van der Waals surface area contributed by atoms with Gasteiger partial charge in [-0.15, -0.1) is 0 Å². The topological polar surface area (TPSA) is 54.9 Å². The Labute approximate surface area is 227 Å². The summed E-state index contributed by atoms with van der Waals surface area (Å²) in [5.41, 5.74) is 4.69. The van der Waals surface area contributed by atoms with Gasteiger partial charge in [0.25, 0.3) is 0 Å². The minimum absolute atomic E-state index is 0.188. The Morgan fingerprint density at radius 1 is 1.26 bits per heavy atom. The second kappa shape index (κ2) is 11.1. The normalized spacial score (nSPS) is 31.3. The van der Waals surface area contributed by atoms with E-state index in [1.54, 1.807) is 0 Å². The van der Waals surface area contributed by atoms with Crippen molar-refractivity contribution >= 4 is 5.91 Å². The number of amides is 1. The van der Waals surface area contributed by atoms with E-state index in [0.29, 0.717) is 36.8 Å². The van der Waals surface area contributed by atoms with Gasteiger partial charge in [0.2, 0.25) is 5.91 Å². The summed E-state index contributed by atoms with van der Waals surface area (Å²) < 4.78 is 11.5. The summed E-state index contributed by atoms with van der Waals surface area (Å²) in [6.45, 7) is 8.09. The summed E-state index contributed by atoms with van der Waals surface area (Å²) in [6, 6.07) is 13.0. The third kappa shape index (κ3) is 5.15. The zero-order chi connectivity index (χ0) is 26.1. The van der Waals surface area contributed by atoms with Gasteiger partial charge in [-0.2, -0.15) is 0 Å². The number of likely N-dealkylation sites (tertiary alicyclic amines) is 1. The Hall–Kier alpha value is -2.28. The number of carbonyl (C=O) groups is 1. The van der Waals surface area contributed by atoms with E-state index >= 15 is 0 Å². The summed E-state index contributed by atoms with van der Waals surface area (Å²) in [7, 11) is 1.82. The van der Waals surface area contributed by atoms with Crippen LogP contribution in [0.5, 0.6) is 0 Å². The van der Waals surface area contributed by atoms with Crippen LogP contribution in [0.1, 0.15) is 48.1 Å². The van der Waals surface area contributed by atoms with E-state index in [0.717, 1.165) is 71.3 Å². The van der Waals surface area contributed by atoms with Crippen molar-refractivity contribution < 1.29 is 14.3 Å². The second-order valence-electron chi connectivity index (χ2n) is 12.4. The number of hydrogen-bond donors (Lipinski definition) is 0. The quantitative estimate of drug-likeness (QED) is 0.549. The Morgan fingerprint density at radius 2 is 2.13 bits per heavy atom. The van der Waals surface area contributed by atoms with Crippen LogP contribution in [0.15, 0.2) is 42.6 Å². The van der Waals surface area contributed by atoms with E-state index in [2.05, 4.69) is 58.1 Å². The number of rotatable bonds is 7. The molecule has 1 saturated carbocycles. The first-order valence-corrected chi connectivity index (χ1v) is 14.6. The number of pyridine rings is 1. The van der Waals surface area contributed by atoms with Crippen molar-refractivity contribution in [1.82, 2.24) is 14.8 Å². The number of ether oxygens (including phenoxy) is 2. The van der Waals surface area contributed by atoms with Gasteiger partial charge in [-0.25, -0.2) is 0 Å². The third-order valence-electron chi connectivity index (χ3n) is 9.87. The van der Waals surface area contributed by atoms with Crippen LogP contribution in [-0.4, -0.2) is 73.3 Å². The molecule has 0 radical (unpaired) electrons. The van der Waals surface area contributed by atoms with Crippen molar-refractivity contribution in [3.8, 4) is 0 Å². The van der Waals surface area contributed by atoms with Gasteiger partial charge in [-0.1, -0.05) is 36.4 Å². The summed E-state index contributed by atoms with van der Waals surface area (Å²) in [5, 5.41) is 0. The molecule has 5 atom stereocenters. The fourth-order valence-electron chi connectivity index (χ4n) is 7.97. The molecule has 4 aliphatic rings. The van der Waals surface area contributed by atoms with Gasteiger partial charge in [-0.05, 0) is 73.5 Å². The first kappa shape index (κ1) is 26.0. The highest BCUT2D eigenvalue weighted by Crippen LogP contribution is 2.54. The van der Waals surface area contributed by atoms with Gasteiger partial charge in [0, 0.05) is 64.8 Å². The molecule has 1 aromatic carbocycles. The van der Waals surface area contributed by atoms with Gasteiger partial charge in [0.05, 0.1) is 18.1 Å². The largest absolute Gasteiger partial charge is 0.379 e. The Morgan fingerprint density at radius 3 is 2.97 bits per heavy atom. The fraction of sp³-hybridized carbons (Fsp3) is 0.625. The molecule has 0 N–H and O–H groups in total. The molecule has 6 heteroatoms. The van der Waals surface area contributed by atoms with Crippen molar-refractivity contribution in [2.24, 2.45) is 23.2 Å². The Balaban J connectivity index is 1.20.